The topological polar surface area (TPSA) is 48.1 Å². The Bertz CT molecular complexity index is 754. The zero-order valence-electron chi connectivity index (χ0n) is 10.2. The van der Waals surface area contributed by atoms with E-state index in [4.69, 9.17) is 22.1 Å². The van der Waals surface area contributed by atoms with E-state index in [-0.39, 0.29) is 0 Å². The highest BCUT2D eigenvalue weighted by molar-refractivity contribution is 7.21. The predicted molar refractivity (Wildman–Crippen MR) is 81.0 cm³/mol. The fourth-order valence-electron chi connectivity index (χ4n) is 1.91. The Labute approximate surface area is 119 Å². The molecule has 19 heavy (non-hydrogen) atoms. The minimum atomic E-state index is 0.609. The van der Waals surface area contributed by atoms with Gasteiger partial charge in [0.15, 0.2) is 0 Å². The van der Waals surface area contributed by atoms with Crippen LogP contribution >= 0.6 is 22.9 Å². The summed E-state index contributed by atoms with van der Waals surface area (Å²) < 4.78 is 6.39. The number of thiazole rings is 1. The molecule has 0 aliphatic rings. The molecular formula is C14H11ClN2OS. The highest BCUT2D eigenvalue weighted by Gasteiger charge is 2.12. The summed E-state index contributed by atoms with van der Waals surface area (Å²) in [5.41, 5.74) is 8.10. The molecule has 3 aromatic rings. The number of para-hydroxylation sites is 1. The van der Waals surface area contributed by atoms with Crippen molar-refractivity contribution in [3.63, 3.8) is 0 Å². The van der Waals surface area contributed by atoms with Gasteiger partial charge in [-0.15, -0.1) is 11.3 Å². The number of nitrogens with zero attached hydrogens (tertiary/aromatic N) is 1. The monoisotopic (exact) mass is 290 g/mol. The fraction of sp³-hybridized carbons (Fsp3) is 0.0714. The maximum atomic E-state index is 6.22. The molecule has 0 atom stereocenters. The number of anilines is 1. The molecule has 0 saturated carbocycles. The van der Waals surface area contributed by atoms with Gasteiger partial charge in [0.05, 0.1) is 16.8 Å². The predicted octanol–water partition coefficient (Wildman–Crippen LogP) is 4.21. The molecule has 0 fully saturated rings. The quantitative estimate of drug-likeness (QED) is 0.719. The van der Waals surface area contributed by atoms with Crippen molar-refractivity contribution in [2.45, 2.75) is 0 Å². The summed E-state index contributed by atoms with van der Waals surface area (Å²) in [7, 11) is 1.64. The van der Waals surface area contributed by atoms with Gasteiger partial charge in [-0.2, -0.15) is 0 Å². The molecule has 2 aromatic carbocycles. The summed E-state index contributed by atoms with van der Waals surface area (Å²) in [5, 5.41) is 1.47. The van der Waals surface area contributed by atoms with Gasteiger partial charge >= 0.3 is 0 Å². The van der Waals surface area contributed by atoms with Crippen LogP contribution in [0.25, 0.3) is 20.8 Å². The zero-order chi connectivity index (χ0) is 13.4. The summed E-state index contributed by atoms with van der Waals surface area (Å²) in [6.07, 6.45) is 0. The first-order chi connectivity index (χ1) is 9.19. The van der Waals surface area contributed by atoms with E-state index < -0.39 is 0 Å². The molecule has 0 radical (unpaired) electrons. The van der Waals surface area contributed by atoms with Gasteiger partial charge in [0.25, 0.3) is 0 Å². The minimum Gasteiger partial charge on any atom is -0.494 e. The number of hydrogen-bond acceptors (Lipinski definition) is 4. The van der Waals surface area contributed by atoms with Crippen LogP contribution in [0.15, 0.2) is 36.4 Å². The Morgan fingerprint density at radius 1 is 1.26 bits per heavy atom. The number of ether oxygens (including phenoxy) is 1. The summed E-state index contributed by atoms with van der Waals surface area (Å²) in [4.78, 5) is 4.61. The minimum absolute atomic E-state index is 0.609. The molecule has 0 spiro atoms. The summed E-state index contributed by atoms with van der Waals surface area (Å²) in [5.74, 6) is 0.770. The Kier molecular flexibility index (Phi) is 3.05. The van der Waals surface area contributed by atoms with Gasteiger partial charge in [-0.25, -0.2) is 4.98 Å². The maximum absolute atomic E-state index is 6.22. The highest BCUT2D eigenvalue weighted by Crippen LogP contribution is 2.37. The van der Waals surface area contributed by atoms with Crippen LogP contribution in [0.2, 0.25) is 5.02 Å². The maximum Gasteiger partial charge on any atom is 0.145 e. The largest absolute Gasteiger partial charge is 0.494 e. The van der Waals surface area contributed by atoms with Gasteiger partial charge in [-0.05, 0) is 30.3 Å². The van der Waals surface area contributed by atoms with Gasteiger partial charge in [0, 0.05) is 11.3 Å². The third-order valence-electron chi connectivity index (χ3n) is 2.83. The normalized spacial score (nSPS) is 10.8. The van der Waals surface area contributed by atoms with E-state index in [1.807, 2.05) is 30.3 Å². The Morgan fingerprint density at radius 3 is 2.84 bits per heavy atom. The summed E-state index contributed by atoms with van der Waals surface area (Å²) in [6, 6.07) is 11.3. The molecule has 1 heterocycles. The summed E-state index contributed by atoms with van der Waals surface area (Å²) in [6.45, 7) is 0. The number of benzene rings is 2. The van der Waals surface area contributed by atoms with Gasteiger partial charge in [-0.3, -0.25) is 0 Å². The molecule has 96 valence electrons. The van der Waals surface area contributed by atoms with E-state index in [2.05, 4.69) is 4.98 Å². The third kappa shape index (κ3) is 2.13. The van der Waals surface area contributed by atoms with Crippen LogP contribution in [-0.2, 0) is 0 Å². The SMILES string of the molecule is COc1cccc2sc(-c3ccc(N)cc3Cl)nc12. The van der Waals surface area contributed by atoms with Crippen LogP contribution in [0.5, 0.6) is 5.75 Å². The molecule has 5 heteroatoms. The van der Waals surface area contributed by atoms with Crippen molar-refractivity contribution in [2.24, 2.45) is 0 Å². The van der Waals surface area contributed by atoms with Gasteiger partial charge < -0.3 is 10.5 Å². The van der Waals surface area contributed by atoms with E-state index in [1.165, 1.54) is 0 Å². The van der Waals surface area contributed by atoms with E-state index in [0.29, 0.717) is 10.7 Å². The van der Waals surface area contributed by atoms with Crippen molar-refractivity contribution in [3.8, 4) is 16.3 Å². The van der Waals surface area contributed by atoms with Crippen molar-refractivity contribution in [1.82, 2.24) is 4.98 Å². The van der Waals surface area contributed by atoms with Crippen molar-refractivity contribution in [1.29, 1.82) is 0 Å². The zero-order valence-corrected chi connectivity index (χ0v) is 11.8. The Morgan fingerprint density at radius 2 is 2.11 bits per heavy atom. The van der Waals surface area contributed by atoms with Crippen molar-refractivity contribution in [3.05, 3.63) is 41.4 Å². The van der Waals surface area contributed by atoms with Crippen LogP contribution in [0.1, 0.15) is 0 Å². The van der Waals surface area contributed by atoms with Crippen LogP contribution in [0, 0.1) is 0 Å². The van der Waals surface area contributed by atoms with Crippen molar-refractivity contribution in [2.75, 3.05) is 12.8 Å². The number of nitrogens with two attached hydrogens (primary N) is 1. The smallest absolute Gasteiger partial charge is 0.145 e. The second-order valence-electron chi connectivity index (χ2n) is 4.07. The average Bonchev–Trinajstić information content (AvgIpc) is 2.81. The molecule has 0 saturated heterocycles. The molecular weight excluding hydrogens is 280 g/mol. The first-order valence-electron chi connectivity index (χ1n) is 5.68. The number of methoxy groups -OCH3 is 1. The molecule has 0 aliphatic carbocycles. The lowest BCUT2D eigenvalue weighted by Crippen LogP contribution is -1.86. The van der Waals surface area contributed by atoms with Crippen LogP contribution in [-0.4, -0.2) is 12.1 Å². The lowest BCUT2D eigenvalue weighted by Gasteiger charge is -2.01. The van der Waals surface area contributed by atoms with Crippen LogP contribution in [0.3, 0.4) is 0 Å². The van der Waals surface area contributed by atoms with E-state index in [1.54, 1.807) is 24.5 Å². The second-order valence-corrected chi connectivity index (χ2v) is 5.50. The molecule has 1 aromatic heterocycles. The second kappa shape index (κ2) is 4.72. The van der Waals surface area contributed by atoms with Gasteiger partial charge in [0.1, 0.15) is 16.3 Å². The number of aromatic nitrogens is 1. The van der Waals surface area contributed by atoms with E-state index >= 15 is 0 Å². The molecule has 0 bridgehead atoms. The number of nitrogen functional groups attached to an aromatic ring is 1. The Hall–Kier alpha value is -1.78. The van der Waals surface area contributed by atoms with Crippen LogP contribution < -0.4 is 10.5 Å². The first kappa shape index (κ1) is 12.3. The number of halogens is 1. The standard InChI is InChI=1S/C14H11ClN2OS/c1-18-11-3-2-4-12-13(11)17-14(19-12)9-6-5-8(16)7-10(9)15/h2-7H,16H2,1H3. The number of hydrogen-bond donors (Lipinski definition) is 1. The molecule has 0 amide bonds. The van der Waals surface area contributed by atoms with Gasteiger partial charge in [0.2, 0.25) is 0 Å². The van der Waals surface area contributed by atoms with E-state index in [9.17, 15) is 0 Å². The molecule has 0 unspecified atom stereocenters. The summed E-state index contributed by atoms with van der Waals surface area (Å²) >= 11 is 7.80. The van der Waals surface area contributed by atoms with Crippen molar-refractivity contribution >= 4 is 38.8 Å². The molecule has 0 aliphatic heterocycles. The van der Waals surface area contributed by atoms with Gasteiger partial charge in [-0.1, -0.05) is 17.7 Å². The Balaban J connectivity index is 2.20. The van der Waals surface area contributed by atoms with Crippen molar-refractivity contribution < 1.29 is 4.74 Å². The van der Waals surface area contributed by atoms with E-state index in [0.717, 1.165) is 26.5 Å². The number of rotatable bonds is 2. The average molecular weight is 291 g/mol. The lowest BCUT2D eigenvalue weighted by atomic mass is 10.2. The molecule has 3 nitrogen and oxygen atoms in total. The van der Waals surface area contributed by atoms with Crippen LogP contribution in [0.4, 0.5) is 5.69 Å². The lowest BCUT2D eigenvalue weighted by molar-refractivity contribution is 0.419. The highest BCUT2D eigenvalue weighted by atomic mass is 35.5. The fourth-order valence-corrected chi connectivity index (χ4v) is 3.27. The molecule has 3 rings (SSSR count). The third-order valence-corrected chi connectivity index (χ3v) is 4.19. The number of fused-ring (bicyclic) bond motifs is 1. The molecule has 2 N–H and O–H groups in total. The first-order valence-corrected chi connectivity index (χ1v) is 6.87.